The quantitative estimate of drug-likeness (QED) is 0.821. The Balaban J connectivity index is 1.40. The van der Waals surface area contributed by atoms with E-state index in [4.69, 9.17) is 5.73 Å². The molecule has 4 heteroatoms. The van der Waals surface area contributed by atoms with Crippen LogP contribution in [0.1, 0.15) is 63.0 Å². The van der Waals surface area contributed by atoms with Crippen molar-refractivity contribution >= 4 is 11.7 Å². The van der Waals surface area contributed by atoms with Crippen LogP contribution >= 0.6 is 0 Å². The summed E-state index contributed by atoms with van der Waals surface area (Å²) in [4.78, 5) is 23.5. The lowest BCUT2D eigenvalue weighted by Crippen LogP contribution is -2.50. The van der Waals surface area contributed by atoms with Crippen molar-refractivity contribution in [2.24, 2.45) is 17.6 Å². The molecule has 0 aliphatic heterocycles. The molecule has 2 aliphatic rings. The van der Waals surface area contributed by atoms with Crippen molar-refractivity contribution in [1.82, 2.24) is 5.32 Å². The first-order valence-corrected chi connectivity index (χ1v) is 9.97. The Hall–Kier alpha value is -1.68. The van der Waals surface area contributed by atoms with E-state index in [2.05, 4.69) is 36.5 Å². The number of ketones is 1. The summed E-state index contributed by atoms with van der Waals surface area (Å²) in [6, 6.07) is 8.87. The molecule has 1 aromatic carbocycles. The molecule has 3 rings (SSSR count). The number of hydrogen-bond donors (Lipinski definition) is 2. The Morgan fingerprint density at radius 3 is 2.35 bits per heavy atom. The number of rotatable bonds is 6. The standard InChI is InChI=1S/C22H32N2O2/c1-15-3-5-17(6-4-15)14-22(23)9-7-20(8-10-22)24-21(26)13-18-11-19(12-18)16(2)25/h3-6,18-20H,7-14,23H2,1-2H3,(H,24,26). The van der Waals surface area contributed by atoms with Gasteiger partial charge < -0.3 is 11.1 Å². The predicted octanol–water partition coefficient (Wildman–Crippen LogP) is 3.30. The largest absolute Gasteiger partial charge is 0.353 e. The van der Waals surface area contributed by atoms with Crippen molar-refractivity contribution in [3.8, 4) is 0 Å². The maximum atomic E-state index is 12.2. The number of nitrogens with two attached hydrogens (primary N) is 1. The average molecular weight is 357 g/mol. The van der Waals surface area contributed by atoms with Gasteiger partial charge in [0.15, 0.2) is 0 Å². The number of carbonyl (C=O) groups excluding carboxylic acids is 2. The van der Waals surface area contributed by atoms with Gasteiger partial charge in [0.1, 0.15) is 5.78 Å². The first-order valence-electron chi connectivity index (χ1n) is 9.97. The summed E-state index contributed by atoms with van der Waals surface area (Å²) >= 11 is 0. The molecule has 2 fully saturated rings. The van der Waals surface area contributed by atoms with Crippen LogP contribution in [0.5, 0.6) is 0 Å². The number of benzene rings is 1. The van der Waals surface area contributed by atoms with Crippen LogP contribution in [0.25, 0.3) is 0 Å². The molecule has 2 saturated carbocycles. The van der Waals surface area contributed by atoms with Crippen molar-refractivity contribution in [2.45, 2.75) is 76.8 Å². The summed E-state index contributed by atoms with van der Waals surface area (Å²) in [5, 5.41) is 3.19. The van der Waals surface area contributed by atoms with Gasteiger partial charge in [0.2, 0.25) is 5.91 Å². The third kappa shape index (κ3) is 4.94. The molecule has 26 heavy (non-hydrogen) atoms. The average Bonchev–Trinajstić information content (AvgIpc) is 2.55. The van der Waals surface area contributed by atoms with Crippen LogP contribution in [0.2, 0.25) is 0 Å². The molecule has 0 unspecified atom stereocenters. The topological polar surface area (TPSA) is 72.2 Å². The maximum Gasteiger partial charge on any atom is 0.220 e. The fourth-order valence-corrected chi connectivity index (χ4v) is 4.41. The first kappa shape index (κ1) is 19.1. The summed E-state index contributed by atoms with van der Waals surface area (Å²) in [6.07, 6.45) is 7.04. The Bertz CT molecular complexity index is 639. The second-order valence-electron chi connectivity index (χ2n) is 8.72. The maximum absolute atomic E-state index is 12.2. The summed E-state index contributed by atoms with van der Waals surface area (Å²) in [5.74, 6) is 0.997. The fraction of sp³-hybridized carbons (Fsp3) is 0.636. The zero-order valence-electron chi connectivity index (χ0n) is 16.1. The van der Waals surface area contributed by atoms with Gasteiger partial charge in [-0.2, -0.15) is 0 Å². The van der Waals surface area contributed by atoms with E-state index < -0.39 is 0 Å². The van der Waals surface area contributed by atoms with E-state index in [9.17, 15) is 9.59 Å². The van der Waals surface area contributed by atoms with Crippen LogP contribution < -0.4 is 11.1 Å². The van der Waals surface area contributed by atoms with Crippen LogP contribution in [-0.4, -0.2) is 23.3 Å². The fourth-order valence-electron chi connectivity index (χ4n) is 4.41. The van der Waals surface area contributed by atoms with E-state index in [-0.39, 0.29) is 29.2 Å². The normalized spacial score (nSPS) is 31.1. The van der Waals surface area contributed by atoms with Crippen molar-refractivity contribution < 1.29 is 9.59 Å². The molecule has 0 aromatic heterocycles. The van der Waals surface area contributed by atoms with E-state index in [1.54, 1.807) is 6.92 Å². The zero-order chi connectivity index (χ0) is 18.7. The van der Waals surface area contributed by atoms with E-state index in [1.807, 2.05) is 0 Å². The van der Waals surface area contributed by atoms with Gasteiger partial charge in [-0.3, -0.25) is 9.59 Å². The van der Waals surface area contributed by atoms with Crippen molar-refractivity contribution in [1.29, 1.82) is 0 Å². The Morgan fingerprint density at radius 2 is 1.77 bits per heavy atom. The molecule has 0 heterocycles. The predicted molar refractivity (Wildman–Crippen MR) is 104 cm³/mol. The third-order valence-corrected chi connectivity index (χ3v) is 6.31. The molecule has 1 amide bonds. The van der Waals surface area contributed by atoms with E-state index >= 15 is 0 Å². The molecule has 0 spiro atoms. The van der Waals surface area contributed by atoms with Crippen LogP contribution in [0.3, 0.4) is 0 Å². The molecule has 0 radical (unpaired) electrons. The minimum atomic E-state index is -0.154. The van der Waals surface area contributed by atoms with Crippen LogP contribution in [0.4, 0.5) is 0 Å². The van der Waals surface area contributed by atoms with Crippen LogP contribution in [0, 0.1) is 18.8 Å². The van der Waals surface area contributed by atoms with Gasteiger partial charge in [-0.15, -0.1) is 0 Å². The van der Waals surface area contributed by atoms with Gasteiger partial charge >= 0.3 is 0 Å². The Labute approximate surface area is 156 Å². The number of hydrogen-bond acceptors (Lipinski definition) is 3. The van der Waals surface area contributed by atoms with Crippen LogP contribution in [-0.2, 0) is 16.0 Å². The lowest BCUT2D eigenvalue weighted by molar-refractivity contribution is -0.129. The number of nitrogens with one attached hydrogen (secondary N) is 1. The summed E-state index contributed by atoms with van der Waals surface area (Å²) in [7, 11) is 0. The van der Waals surface area contributed by atoms with Gasteiger partial charge in [0, 0.05) is 23.9 Å². The van der Waals surface area contributed by atoms with E-state index in [1.165, 1.54) is 11.1 Å². The third-order valence-electron chi connectivity index (χ3n) is 6.31. The molecule has 3 N–H and O–H groups in total. The minimum Gasteiger partial charge on any atom is -0.353 e. The number of aryl methyl sites for hydroxylation is 1. The van der Waals surface area contributed by atoms with E-state index in [0.717, 1.165) is 44.9 Å². The number of carbonyl (C=O) groups is 2. The highest BCUT2D eigenvalue weighted by atomic mass is 16.1. The van der Waals surface area contributed by atoms with Crippen molar-refractivity contribution in [3.63, 3.8) is 0 Å². The van der Waals surface area contributed by atoms with E-state index in [0.29, 0.717) is 12.3 Å². The van der Waals surface area contributed by atoms with Gasteiger partial charge in [-0.05, 0) is 70.3 Å². The molecular weight excluding hydrogens is 324 g/mol. The Morgan fingerprint density at radius 1 is 1.15 bits per heavy atom. The van der Waals surface area contributed by atoms with Gasteiger partial charge in [0.05, 0.1) is 0 Å². The van der Waals surface area contributed by atoms with Crippen LogP contribution in [0.15, 0.2) is 24.3 Å². The monoisotopic (exact) mass is 356 g/mol. The zero-order valence-corrected chi connectivity index (χ0v) is 16.1. The molecule has 0 atom stereocenters. The van der Waals surface area contributed by atoms with Gasteiger partial charge in [0.25, 0.3) is 0 Å². The molecule has 2 aliphatic carbocycles. The van der Waals surface area contributed by atoms with Crippen molar-refractivity contribution in [2.75, 3.05) is 0 Å². The molecule has 0 saturated heterocycles. The smallest absolute Gasteiger partial charge is 0.220 e. The minimum absolute atomic E-state index is 0.144. The summed E-state index contributed by atoms with van der Waals surface area (Å²) < 4.78 is 0. The molecular formula is C22H32N2O2. The Kier molecular flexibility index (Phi) is 5.81. The van der Waals surface area contributed by atoms with Gasteiger partial charge in [-0.25, -0.2) is 0 Å². The molecule has 4 nitrogen and oxygen atoms in total. The highest BCUT2D eigenvalue weighted by molar-refractivity contribution is 5.80. The molecule has 0 bridgehead atoms. The highest BCUT2D eigenvalue weighted by Crippen LogP contribution is 2.36. The molecule has 142 valence electrons. The number of Topliss-reactive ketones (excluding diaryl/α,β-unsaturated/α-hetero) is 1. The second kappa shape index (κ2) is 7.91. The first-order chi connectivity index (χ1) is 12.3. The lowest BCUT2D eigenvalue weighted by atomic mass is 9.71. The summed E-state index contributed by atoms with van der Waals surface area (Å²) in [6.45, 7) is 3.75. The second-order valence-corrected chi connectivity index (χ2v) is 8.72. The van der Waals surface area contributed by atoms with Crippen molar-refractivity contribution in [3.05, 3.63) is 35.4 Å². The van der Waals surface area contributed by atoms with Gasteiger partial charge in [-0.1, -0.05) is 29.8 Å². The summed E-state index contributed by atoms with van der Waals surface area (Å²) in [5.41, 5.74) is 9.05. The lowest BCUT2D eigenvalue weighted by Gasteiger charge is -2.38. The highest BCUT2D eigenvalue weighted by Gasteiger charge is 2.35. The molecule has 1 aromatic rings. The number of amides is 1. The SMILES string of the molecule is CC(=O)C1CC(CC(=O)NC2CCC(N)(Cc3ccc(C)cc3)CC2)C1.